The summed E-state index contributed by atoms with van der Waals surface area (Å²) >= 11 is 0. The Morgan fingerprint density at radius 3 is 2.13 bits per heavy atom. The van der Waals surface area contributed by atoms with Crippen LogP contribution in [-0.2, 0) is 6.18 Å². The van der Waals surface area contributed by atoms with E-state index in [1.54, 1.807) is 0 Å². The summed E-state index contributed by atoms with van der Waals surface area (Å²) in [7, 11) is 1.13. The maximum absolute atomic E-state index is 13.4. The van der Waals surface area contributed by atoms with Gasteiger partial charge in [0.05, 0.1) is 12.7 Å². The first-order valence-corrected chi connectivity index (χ1v) is 8.49. The molecule has 0 radical (unpaired) electrons. The number of carboxylic acid groups (broad SMARTS) is 1. The Labute approximate surface area is 165 Å². The van der Waals surface area contributed by atoms with Gasteiger partial charge in [0.2, 0.25) is 0 Å². The summed E-state index contributed by atoms with van der Waals surface area (Å²) in [6.45, 7) is 0. The van der Waals surface area contributed by atoms with Gasteiger partial charge in [0.25, 0.3) is 0 Å². The van der Waals surface area contributed by atoms with Crippen LogP contribution in [0.2, 0.25) is 0 Å². The molecular weight excluding hydrogens is 422 g/mol. The standard InChI is InChI=1S/C19H14F6O5/c1-28-14-8-10(30-19(23,24)25)4-6-12(14)29-13-7-5-11(18(20,21)22)15(9-2-3-9)16(13)17(26)27/h4-9H,2-3H2,1H3,(H,26,27). The number of carboxylic acids is 1. The SMILES string of the molecule is COc1cc(OC(F)(F)F)ccc1Oc1ccc(C(F)(F)F)c(C2CC2)c1C(=O)O. The van der Waals surface area contributed by atoms with Gasteiger partial charge in [0.1, 0.15) is 17.1 Å². The van der Waals surface area contributed by atoms with Gasteiger partial charge in [0.15, 0.2) is 11.5 Å². The van der Waals surface area contributed by atoms with Crippen molar-refractivity contribution < 1.29 is 50.5 Å². The zero-order valence-corrected chi connectivity index (χ0v) is 15.2. The molecule has 30 heavy (non-hydrogen) atoms. The third-order valence-electron chi connectivity index (χ3n) is 4.30. The lowest BCUT2D eigenvalue weighted by Gasteiger charge is -2.19. The zero-order chi connectivity index (χ0) is 22.3. The van der Waals surface area contributed by atoms with Crippen molar-refractivity contribution in [2.45, 2.75) is 31.3 Å². The summed E-state index contributed by atoms with van der Waals surface area (Å²) in [6.07, 6.45) is -8.90. The van der Waals surface area contributed by atoms with E-state index in [-0.39, 0.29) is 22.8 Å². The molecule has 0 heterocycles. The second-order valence-electron chi connectivity index (χ2n) is 6.44. The Bertz CT molecular complexity index is 963. The van der Waals surface area contributed by atoms with Gasteiger partial charge in [0, 0.05) is 6.07 Å². The minimum Gasteiger partial charge on any atom is -0.493 e. The van der Waals surface area contributed by atoms with E-state index >= 15 is 0 Å². The molecule has 1 fully saturated rings. The van der Waals surface area contributed by atoms with Crippen molar-refractivity contribution in [2.75, 3.05) is 7.11 Å². The average Bonchev–Trinajstić information content (AvgIpc) is 3.45. The van der Waals surface area contributed by atoms with Crippen molar-refractivity contribution in [3.63, 3.8) is 0 Å². The maximum Gasteiger partial charge on any atom is 0.573 e. The molecule has 0 atom stereocenters. The molecule has 5 nitrogen and oxygen atoms in total. The molecule has 11 heteroatoms. The highest BCUT2D eigenvalue weighted by atomic mass is 19.4. The van der Waals surface area contributed by atoms with Crippen LogP contribution in [0.1, 0.15) is 40.2 Å². The predicted octanol–water partition coefficient (Wildman–Crippen LogP) is 5.98. The lowest BCUT2D eigenvalue weighted by atomic mass is 9.95. The largest absolute Gasteiger partial charge is 0.573 e. The Morgan fingerprint density at radius 1 is 1.00 bits per heavy atom. The molecule has 0 unspecified atom stereocenters. The van der Waals surface area contributed by atoms with E-state index < -0.39 is 41.3 Å². The Hall–Kier alpha value is -3.11. The Balaban J connectivity index is 2.05. The summed E-state index contributed by atoms with van der Waals surface area (Å²) < 4.78 is 91.4. The minimum absolute atomic E-state index is 0.198. The fraction of sp³-hybridized carbons (Fsp3) is 0.316. The maximum atomic E-state index is 13.4. The number of hydrogen-bond acceptors (Lipinski definition) is 4. The summed E-state index contributed by atoms with van der Waals surface area (Å²) in [4.78, 5) is 11.8. The molecule has 1 N–H and O–H groups in total. The highest BCUT2D eigenvalue weighted by molar-refractivity contribution is 5.94. The van der Waals surface area contributed by atoms with Gasteiger partial charge in [-0.05, 0) is 48.6 Å². The molecule has 2 aromatic rings. The summed E-state index contributed by atoms with van der Waals surface area (Å²) in [6, 6.07) is 4.37. The number of ether oxygens (including phenoxy) is 3. The normalized spacial score (nSPS) is 14.4. The van der Waals surface area contributed by atoms with Gasteiger partial charge in [-0.1, -0.05) is 0 Å². The van der Waals surface area contributed by atoms with Gasteiger partial charge in [-0.2, -0.15) is 13.2 Å². The number of aromatic carboxylic acids is 1. The molecule has 162 valence electrons. The first kappa shape index (κ1) is 21.6. The summed E-state index contributed by atoms with van der Waals surface area (Å²) in [5.74, 6) is -3.62. The monoisotopic (exact) mass is 436 g/mol. The molecule has 1 saturated carbocycles. The zero-order valence-electron chi connectivity index (χ0n) is 15.2. The molecule has 0 aliphatic heterocycles. The van der Waals surface area contributed by atoms with Gasteiger partial charge in [-0.25, -0.2) is 4.79 Å². The molecule has 0 bridgehead atoms. The average molecular weight is 436 g/mol. The van der Waals surface area contributed by atoms with Crippen LogP contribution in [0.3, 0.4) is 0 Å². The van der Waals surface area contributed by atoms with Crippen molar-refractivity contribution in [3.05, 3.63) is 47.0 Å². The van der Waals surface area contributed by atoms with E-state index in [4.69, 9.17) is 9.47 Å². The molecule has 1 aliphatic carbocycles. The fourth-order valence-electron chi connectivity index (χ4n) is 3.00. The van der Waals surface area contributed by atoms with Crippen LogP contribution in [0.15, 0.2) is 30.3 Å². The van der Waals surface area contributed by atoms with Gasteiger partial charge < -0.3 is 19.3 Å². The van der Waals surface area contributed by atoms with E-state index in [0.717, 1.165) is 37.4 Å². The molecule has 0 spiro atoms. The third-order valence-corrected chi connectivity index (χ3v) is 4.30. The lowest BCUT2D eigenvalue weighted by Crippen LogP contribution is -2.17. The van der Waals surface area contributed by atoms with Crippen molar-refractivity contribution in [2.24, 2.45) is 0 Å². The molecule has 2 aromatic carbocycles. The molecule has 0 amide bonds. The van der Waals surface area contributed by atoms with Crippen LogP contribution in [0.4, 0.5) is 26.3 Å². The van der Waals surface area contributed by atoms with Crippen molar-refractivity contribution in [3.8, 4) is 23.0 Å². The van der Waals surface area contributed by atoms with E-state index in [1.807, 2.05) is 0 Å². The number of methoxy groups -OCH3 is 1. The van der Waals surface area contributed by atoms with Crippen LogP contribution >= 0.6 is 0 Å². The van der Waals surface area contributed by atoms with Crippen LogP contribution in [0.25, 0.3) is 0 Å². The Kier molecular flexibility index (Phi) is 5.48. The number of alkyl halides is 6. The van der Waals surface area contributed by atoms with Crippen molar-refractivity contribution >= 4 is 5.97 Å². The summed E-state index contributed by atoms with van der Waals surface area (Å²) in [5, 5.41) is 9.57. The topological polar surface area (TPSA) is 65.0 Å². The van der Waals surface area contributed by atoms with E-state index in [0.29, 0.717) is 12.8 Å². The minimum atomic E-state index is -4.95. The first-order chi connectivity index (χ1) is 13.9. The fourth-order valence-corrected chi connectivity index (χ4v) is 3.00. The smallest absolute Gasteiger partial charge is 0.493 e. The predicted molar refractivity (Wildman–Crippen MR) is 90.1 cm³/mol. The highest BCUT2D eigenvalue weighted by Crippen LogP contribution is 2.50. The van der Waals surface area contributed by atoms with Gasteiger partial charge in [-0.3, -0.25) is 0 Å². The van der Waals surface area contributed by atoms with E-state index in [1.165, 1.54) is 0 Å². The Morgan fingerprint density at radius 2 is 1.63 bits per heavy atom. The molecule has 1 aliphatic rings. The second kappa shape index (κ2) is 7.62. The summed E-state index contributed by atoms with van der Waals surface area (Å²) in [5.41, 5.74) is -2.08. The van der Waals surface area contributed by atoms with Crippen LogP contribution in [0.5, 0.6) is 23.0 Å². The van der Waals surface area contributed by atoms with E-state index in [2.05, 4.69) is 4.74 Å². The number of carbonyl (C=O) groups is 1. The van der Waals surface area contributed by atoms with Crippen LogP contribution < -0.4 is 14.2 Å². The highest BCUT2D eigenvalue weighted by Gasteiger charge is 2.42. The molecule has 3 rings (SSSR count). The third kappa shape index (κ3) is 4.71. The second-order valence-corrected chi connectivity index (χ2v) is 6.44. The van der Waals surface area contributed by atoms with Gasteiger partial charge in [-0.15, -0.1) is 13.2 Å². The number of halogens is 6. The quantitative estimate of drug-likeness (QED) is 0.565. The first-order valence-electron chi connectivity index (χ1n) is 8.49. The molecule has 0 saturated heterocycles. The van der Waals surface area contributed by atoms with Crippen LogP contribution in [0, 0.1) is 0 Å². The number of hydrogen-bond donors (Lipinski definition) is 1. The van der Waals surface area contributed by atoms with Crippen molar-refractivity contribution in [1.82, 2.24) is 0 Å². The molecule has 0 aromatic heterocycles. The number of benzene rings is 2. The number of rotatable bonds is 6. The van der Waals surface area contributed by atoms with Crippen molar-refractivity contribution in [1.29, 1.82) is 0 Å². The van der Waals surface area contributed by atoms with E-state index in [9.17, 15) is 36.2 Å². The van der Waals surface area contributed by atoms with Crippen LogP contribution in [-0.4, -0.2) is 24.5 Å². The molecular formula is C19H14F6O5. The lowest BCUT2D eigenvalue weighted by molar-refractivity contribution is -0.274. The van der Waals surface area contributed by atoms with Gasteiger partial charge >= 0.3 is 18.5 Å².